The summed E-state index contributed by atoms with van der Waals surface area (Å²) in [5, 5.41) is 2.98. The summed E-state index contributed by atoms with van der Waals surface area (Å²) in [6.07, 6.45) is 0.753. The fourth-order valence-corrected chi connectivity index (χ4v) is 0.961. The third-order valence-electron chi connectivity index (χ3n) is 1.60. The van der Waals surface area contributed by atoms with Crippen LogP contribution in [0.1, 0.15) is 5.56 Å². The second kappa shape index (κ2) is 4.09. The third-order valence-corrected chi connectivity index (χ3v) is 1.60. The van der Waals surface area contributed by atoms with Crippen LogP contribution in [0.25, 0.3) is 0 Å². The molecule has 0 fully saturated rings. The quantitative estimate of drug-likeness (QED) is 0.695. The van der Waals surface area contributed by atoms with Crippen molar-refractivity contribution in [1.29, 1.82) is 0 Å². The molecule has 1 nitrogen and oxygen atoms in total. The van der Waals surface area contributed by atoms with E-state index in [2.05, 4.69) is 5.32 Å². The van der Waals surface area contributed by atoms with E-state index in [0.29, 0.717) is 0 Å². The van der Waals surface area contributed by atoms with Gasteiger partial charge in [0.05, 0.1) is 0 Å². The van der Waals surface area contributed by atoms with Crippen molar-refractivity contribution in [1.82, 2.24) is 5.32 Å². The first kappa shape index (κ1) is 8.21. The predicted molar refractivity (Wildman–Crippen MR) is 44.0 cm³/mol. The zero-order valence-corrected chi connectivity index (χ0v) is 6.60. The Labute approximate surface area is 66.2 Å². The van der Waals surface area contributed by atoms with Crippen LogP contribution < -0.4 is 5.32 Å². The van der Waals surface area contributed by atoms with Gasteiger partial charge in [-0.1, -0.05) is 18.2 Å². The van der Waals surface area contributed by atoms with Crippen LogP contribution in [-0.2, 0) is 6.42 Å². The Kier molecular flexibility index (Phi) is 3.05. The molecule has 0 spiro atoms. The summed E-state index contributed by atoms with van der Waals surface area (Å²) in [7, 11) is 1.86. The molecule has 1 aromatic carbocycles. The molecule has 11 heavy (non-hydrogen) atoms. The van der Waals surface area contributed by atoms with Gasteiger partial charge in [0.15, 0.2) is 0 Å². The smallest absolute Gasteiger partial charge is 0.126 e. The van der Waals surface area contributed by atoms with Crippen LogP contribution in [0.15, 0.2) is 24.3 Å². The van der Waals surface area contributed by atoms with Crippen LogP contribution in [0.5, 0.6) is 0 Å². The van der Waals surface area contributed by atoms with Gasteiger partial charge in [-0.25, -0.2) is 4.39 Å². The first-order chi connectivity index (χ1) is 5.34. The van der Waals surface area contributed by atoms with Gasteiger partial charge in [0.2, 0.25) is 0 Å². The highest BCUT2D eigenvalue weighted by atomic mass is 19.1. The molecule has 1 rings (SSSR count). The van der Waals surface area contributed by atoms with E-state index < -0.39 is 0 Å². The predicted octanol–water partition coefficient (Wildman–Crippen LogP) is 1.59. The molecular weight excluding hydrogens is 141 g/mol. The van der Waals surface area contributed by atoms with Gasteiger partial charge in [-0.2, -0.15) is 0 Å². The van der Waals surface area contributed by atoms with Crippen LogP contribution in [0.4, 0.5) is 4.39 Å². The highest BCUT2D eigenvalue weighted by Gasteiger charge is 1.97. The fourth-order valence-electron chi connectivity index (χ4n) is 0.961. The number of rotatable bonds is 3. The largest absolute Gasteiger partial charge is 0.319 e. The normalized spacial score (nSPS) is 10.0. The highest BCUT2D eigenvalue weighted by Crippen LogP contribution is 2.05. The van der Waals surface area contributed by atoms with E-state index in [1.807, 2.05) is 19.2 Å². The number of hydrogen-bond donors (Lipinski definition) is 1. The van der Waals surface area contributed by atoms with Crippen molar-refractivity contribution in [2.24, 2.45) is 0 Å². The highest BCUT2D eigenvalue weighted by molar-refractivity contribution is 5.17. The Hall–Kier alpha value is -0.890. The van der Waals surface area contributed by atoms with Gasteiger partial charge in [0.25, 0.3) is 0 Å². The summed E-state index contributed by atoms with van der Waals surface area (Å²) in [5.41, 5.74) is 0.779. The molecule has 60 valence electrons. The summed E-state index contributed by atoms with van der Waals surface area (Å²) in [6, 6.07) is 6.87. The first-order valence-electron chi connectivity index (χ1n) is 3.72. The molecular formula is C9H12FN. The topological polar surface area (TPSA) is 12.0 Å². The SMILES string of the molecule is CNCCc1ccccc1F. The molecule has 2 heteroatoms. The van der Waals surface area contributed by atoms with E-state index >= 15 is 0 Å². The van der Waals surface area contributed by atoms with Crippen molar-refractivity contribution in [2.75, 3.05) is 13.6 Å². The molecule has 0 aromatic heterocycles. The summed E-state index contributed by atoms with van der Waals surface area (Å²) in [5.74, 6) is -0.109. The molecule has 1 N–H and O–H groups in total. The second-order valence-corrected chi connectivity index (χ2v) is 2.44. The minimum absolute atomic E-state index is 0.109. The maximum atomic E-state index is 12.9. The lowest BCUT2D eigenvalue weighted by molar-refractivity contribution is 0.605. The summed E-state index contributed by atoms with van der Waals surface area (Å²) < 4.78 is 12.9. The number of nitrogens with one attached hydrogen (secondary N) is 1. The van der Waals surface area contributed by atoms with Crippen LogP contribution in [-0.4, -0.2) is 13.6 Å². The van der Waals surface area contributed by atoms with E-state index in [-0.39, 0.29) is 5.82 Å². The lowest BCUT2D eigenvalue weighted by atomic mass is 10.1. The van der Waals surface area contributed by atoms with E-state index in [4.69, 9.17) is 0 Å². The summed E-state index contributed by atoms with van der Waals surface area (Å²) in [4.78, 5) is 0. The number of benzene rings is 1. The van der Waals surface area contributed by atoms with Gasteiger partial charge in [0.1, 0.15) is 5.82 Å². The Bertz CT molecular complexity index is 223. The minimum atomic E-state index is -0.109. The van der Waals surface area contributed by atoms with Crippen LogP contribution in [0.2, 0.25) is 0 Å². The number of likely N-dealkylation sites (N-methyl/N-ethyl adjacent to an activating group) is 1. The molecule has 0 aliphatic carbocycles. The molecule has 0 amide bonds. The van der Waals surface area contributed by atoms with Crippen molar-refractivity contribution in [3.05, 3.63) is 35.6 Å². The first-order valence-corrected chi connectivity index (χ1v) is 3.72. The second-order valence-electron chi connectivity index (χ2n) is 2.44. The fraction of sp³-hybridized carbons (Fsp3) is 0.333. The maximum Gasteiger partial charge on any atom is 0.126 e. The third kappa shape index (κ3) is 2.31. The maximum absolute atomic E-state index is 12.9. The molecule has 0 radical (unpaired) electrons. The Balaban J connectivity index is 2.62. The molecule has 0 aliphatic heterocycles. The standard InChI is InChI=1S/C9H12FN/c1-11-7-6-8-4-2-3-5-9(8)10/h2-5,11H,6-7H2,1H3. The van der Waals surface area contributed by atoms with Gasteiger partial charge >= 0.3 is 0 Å². The molecule has 1 aromatic rings. The minimum Gasteiger partial charge on any atom is -0.319 e. The Morgan fingerprint density at radius 2 is 2.09 bits per heavy atom. The molecule has 0 atom stereocenters. The monoisotopic (exact) mass is 153 g/mol. The van der Waals surface area contributed by atoms with Crippen molar-refractivity contribution < 1.29 is 4.39 Å². The van der Waals surface area contributed by atoms with Crippen molar-refractivity contribution >= 4 is 0 Å². The lowest BCUT2D eigenvalue weighted by Gasteiger charge is -2.00. The van der Waals surface area contributed by atoms with Crippen LogP contribution in [0, 0.1) is 5.82 Å². The Morgan fingerprint density at radius 3 is 2.73 bits per heavy atom. The molecule has 0 aliphatic rings. The van der Waals surface area contributed by atoms with Crippen molar-refractivity contribution in [3.63, 3.8) is 0 Å². The zero-order valence-electron chi connectivity index (χ0n) is 6.60. The van der Waals surface area contributed by atoms with Gasteiger partial charge in [-0.3, -0.25) is 0 Å². The average Bonchev–Trinajstić information content (AvgIpc) is 2.03. The van der Waals surface area contributed by atoms with Crippen molar-refractivity contribution in [2.45, 2.75) is 6.42 Å². The molecule has 0 saturated heterocycles. The van der Waals surface area contributed by atoms with Gasteiger partial charge < -0.3 is 5.32 Å². The van der Waals surface area contributed by atoms with E-state index in [1.165, 1.54) is 6.07 Å². The van der Waals surface area contributed by atoms with E-state index in [9.17, 15) is 4.39 Å². The average molecular weight is 153 g/mol. The number of halogens is 1. The van der Waals surface area contributed by atoms with Crippen LogP contribution in [0.3, 0.4) is 0 Å². The number of hydrogen-bond acceptors (Lipinski definition) is 1. The lowest BCUT2D eigenvalue weighted by Crippen LogP contribution is -2.10. The Morgan fingerprint density at radius 1 is 1.36 bits per heavy atom. The van der Waals surface area contributed by atoms with Gasteiger partial charge in [-0.15, -0.1) is 0 Å². The summed E-state index contributed by atoms with van der Waals surface area (Å²) in [6.45, 7) is 0.820. The van der Waals surface area contributed by atoms with E-state index in [0.717, 1.165) is 18.5 Å². The molecule has 0 unspecified atom stereocenters. The summed E-state index contributed by atoms with van der Waals surface area (Å²) >= 11 is 0. The molecule has 0 bridgehead atoms. The van der Waals surface area contributed by atoms with Gasteiger partial charge in [-0.05, 0) is 31.6 Å². The van der Waals surface area contributed by atoms with Gasteiger partial charge in [0, 0.05) is 0 Å². The zero-order chi connectivity index (χ0) is 8.10. The molecule has 0 saturated carbocycles. The van der Waals surface area contributed by atoms with Crippen LogP contribution >= 0.6 is 0 Å². The van der Waals surface area contributed by atoms with Crippen molar-refractivity contribution in [3.8, 4) is 0 Å². The molecule has 0 heterocycles. The van der Waals surface area contributed by atoms with E-state index in [1.54, 1.807) is 6.07 Å².